The summed E-state index contributed by atoms with van der Waals surface area (Å²) in [7, 11) is 5.73. The maximum Gasteiger partial charge on any atom is 0.222 e. The third-order valence-corrected chi connectivity index (χ3v) is 4.82. The van der Waals surface area contributed by atoms with E-state index in [2.05, 4.69) is 20.6 Å². The smallest absolute Gasteiger partial charge is 0.222 e. The van der Waals surface area contributed by atoms with Crippen molar-refractivity contribution in [3.63, 3.8) is 0 Å². The molecule has 1 amide bonds. The highest BCUT2D eigenvalue weighted by atomic mass is 127. The fourth-order valence-corrected chi connectivity index (χ4v) is 3.23. The van der Waals surface area contributed by atoms with Crippen molar-refractivity contribution in [1.82, 2.24) is 20.5 Å². The largest absolute Gasteiger partial charge is 0.354 e. The van der Waals surface area contributed by atoms with E-state index in [4.69, 9.17) is 0 Å². The van der Waals surface area contributed by atoms with Crippen molar-refractivity contribution in [2.24, 2.45) is 4.99 Å². The summed E-state index contributed by atoms with van der Waals surface area (Å²) in [4.78, 5) is 24.4. The van der Waals surface area contributed by atoms with E-state index in [0.717, 1.165) is 36.3 Å². The van der Waals surface area contributed by atoms with Gasteiger partial charge in [0.1, 0.15) is 0 Å². The van der Waals surface area contributed by atoms with Gasteiger partial charge in [0.05, 0.1) is 12.2 Å². The van der Waals surface area contributed by atoms with Crippen molar-refractivity contribution >= 4 is 52.3 Å². The van der Waals surface area contributed by atoms with E-state index >= 15 is 0 Å². The molecule has 2 rings (SSSR count). The number of anilines is 1. The van der Waals surface area contributed by atoms with Gasteiger partial charge in [-0.1, -0.05) is 6.92 Å². The van der Waals surface area contributed by atoms with Gasteiger partial charge in [0, 0.05) is 52.1 Å². The SMILES string of the molecule is CCC(=O)N1CCC(NC(=NC)NCc2csc(N(C)C)n2)C1.I. The molecule has 0 aromatic carbocycles. The molecule has 1 atom stereocenters. The van der Waals surface area contributed by atoms with Crippen LogP contribution in [-0.2, 0) is 11.3 Å². The molecular weight excluding hydrogens is 439 g/mol. The number of hydrogen-bond donors (Lipinski definition) is 2. The van der Waals surface area contributed by atoms with Crippen molar-refractivity contribution in [1.29, 1.82) is 0 Å². The number of halogens is 1. The lowest BCUT2D eigenvalue weighted by molar-refractivity contribution is -0.129. The molecule has 0 spiro atoms. The molecule has 1 unspecified atom stereocenters. The highest BCUT2D eigenvalue weighted by Crippen LogP contribution is 2.17. The van der Waals surface area contributed by atoms with Crippen LogP contribution >= 0.6 is 35.3 Å². The van der Waals surface area contributed by atoms with Crippen molar-refractivity contribution in [3.05, 3.63) is 11.1 Å². The first-order chi connectivity index (χ1) is 11.0. The Balaban J connectivity index is 0.00000288. The molecule has 1 aromatic rings. The summed E-state index contributed by atoms with van der Waals surface area (Å²) in [5.41, 5.74) is 0.996. The highest BCUT2D eigenvalue weighted by molar-refractivity contribution is 14.0. The van der Waals surface area contributed by atoms with Gasteiger partial charge in [0.15, 0.2) is 11.1 Å². The molecule has 136 valence electrons. The summed E-state index contributed by atoms with van der Waals surface area (Å²) >= 11 is 1.63. The van der Waals surface area contributed by atoms with Crippen LogP contribution in [0.1, 0.15) is 25.5 Å². The van der Waals surface area contributed by atoms with Crippen LogP contribution < -0.4 is 15.5 Å². The summed E-state index contributed by atoms with van der Waals surface area (Å²) in [6.45, 7) is 4.10. The van der Waals surface area contributed by atoms with Crippen LogP contribution in [0.5, 0.6) is 0 Å². The number of carbonyl (C=O) groups is 1. The van der Waals surface area contributed by atoms with Gasteiger partial charge < -0.3 is 20.4 Å². The first-order valence-electron chi connectivity index (χ1n) is 7.90. The summed E-state index contributed by atoms with van der Waals surface area (Å²) in [5.74, 6) is 0.969. The van der Waals surface area contributed by atoms with E-state index in [1.54, 1.807) is 18.4 Å². The Labute approximate surface area is 164 Å². The second-order valence-corrected chi connectivity index (χ2v) is 6.60. The van der Waals surface area contributed by atoms with E-state index in [9.17, 15) is 4.79 Å². The zero-order valence-corrected chi connectivity index (χ0v) is 17.9. The summed E-state index contributed by atoms with van der Waals surface area (Å²) in [5, 5.41) is 9.71. The van der Waals surface area contributed by atoms with Gasteiger partial charge in [0.25, 0.3) is 0 Å². The number of nitrogens with one attached hydrogen (secondary N) is 2. The molecule has 7 nitrogen and oxygen atoms in total. The van der Waals surface area contributed by atoms with Gasteiger partial charge in [-0.3, -0.25) is 9.79 Å². The quantitative estimate of drug-likeness (QED) is 0.391. The molecule has 1 aliphatic rings. The Morgan fingerprint density at radius 1 is 1.54 bits per heavy atom. The van der Waals surface area contributed by atoms with Gasteiger partial charge in [-0.15, -0.1) is 35.3 Å². The number of hydrogen-bond acceptors (Lipinski definition) is 5. The minimum atomic E-state index is 0. The maximum absolute atomic E-state index is 11.7. The van der Waals surface area contributed by atoms with E-state index in [1.807, 2.05) is 36.2 Å². The van der Waals surface area contributed by atoms with Gasteiger partial charge in [0.2, 0.25) is 5.91 Å². The Bertz CT molecular complexity index is 562. The molecule has 0 bridgehead atoms. The maximum atomic E-state index is 11.7. The van der Waals surface area contributed by atoms with Gasteiger partial charge in [-0.2, -0.15) is 0 Å². The Morgan fingerprint density at radius 2 is 2.29 bits per heavy atom. The average Bonchev–Trinajstić information content (AvgIpc) is 3.19. The zero-order chi connectivity index (χ0) is 16.8. The number of nitrogens with zero attached hydrogens (tertiary/aromatic N) is 4. The lowest BCUT2D eigenvalue weighted by Crippen LogP contribution is -2.44. The van der Waals surface area contributed by atoms with Crippen molar-refractivity contribution in [2.45, 2.75) is 32.4 Å². The fraction of sp³-hybridized carbons (Fsp3) is 0.667. The first-order valence-corrected chi connectivity index (χ1v) is 8.78. The molecular formula is C15H27IN6OS. The minimum Gasteiger partial charge on any atom is -0.354 e. The third-order valence-electron chi connectivity index (χ3n) is 3.77. The van der Waals surface area contributed by atoms with Gasteiger partial charge in [-0.25, -0.2) is 4.98 Å². The zero-order valence-electron chi connectivity index (χ0n) is 14.7. The van der Waals surface area contributed by atoms with Gasteiger partial charge >= 0.3 is 0 Å². The van der Waals surface area contributed by atoms with Crippen LogP contribution in [0, 0.1) is 0 Å². The van der Waals surface area contributed by atoms with E-state index in [1.165, 1.54) is 0 Å². The predicted octanol–water partition coefficient (Wildman–Crippen LogP) is 1.50. The van der Waals surface area contributed by atoms with Crippen molar-refractivity contribution < 1.29 is 4.79 Å². The molecule has 0 radical (unpaired) electrons. The van der Waals surface area contributed by atoms with Crippen LogP contribution in [0.4, 0.5) is 5.13 Å². The van der Waals surface area contributed by atoms with Gasteiger partial charge in [-0.05, 0) is 6.42 Å². The number of rotatable bonds is 5. The molecule has 0 saturated carbocycles. The number of thiazole rings is 1. The summed E-state index contributed by atoms with van der Waals surface area (Å²) in [6, 6.07) is 0.254. The predicted molar refractivity (Wildman–Crippen MR) is 110 cm³/mol. The van der Waals surface area contributed by atoms with Crippen LogP contribution in [0.15, 0.2) is 10.4 Å². The molecule has 1 aromatic heterocycles. The summed E-state index contributed by atoms with van der Waals surface area (Å²) in [6.07, 6.45) is 1.52. The number of guanidine groups is 1. The molecule has 0 aliphatic carbocycles. The normalized spacial score (nSPS) is 17.4. The Hall–Kier alpha value is -1.10. The number of aliphatic imine (C=N–C) groups is 1. The van der Waals surface area contributed by atoms with Crippen molar-refractivity contribution in [3.8, 4) is 0 Å². The Kier molecular flexibility index (Phi) is 8.74. The third kappa shape index (κ3) is 5.76. The number of likely N-dealkylation sites (tertiary alicyclic amines) is 1. The second kappa shape index (κ2) is 10.0. The molecule has 1 saturated heterocycles. The second-order valence-electron chi connectivity index (χ2n) is 5.76. The number of amides is 1. The van der Waals surface area contributed by atoms with Crippen LogP contribution in [-0.4, -0.2) is 62.0 Å². The average molecular weight is 466 g/mol. The fourth-order valence-electron chi connectivity index (χ4n) is 2.47. The van der Waals surface area contributed by atoms with E-state index in [0.29, 0.717) is 13.0 Å². The first kappa shape index (κ1) is 20.9. The highest BCUT2D eigenvalue weighted by Gasteiger charge is 2.25. The van der Waals surface area contributed by atoms with Crippen molar-refractivity contribution in [2.75, 3.05) is 39.1 Å². The Morgan fingerprint density at radius 3 is 2.88 bits per heavy atom. The van der Waals surface area contributed by atoms with Crippen LogP contribution in [0.3, 0.4) is 0 Å². The lowest BCUT2D eigenvalue weighted by atomic mass is 10.3. The van der Waals surface area contributed by atoms with Crippen LogP contribution in [0.2, 0.25) is 0 Å². The van der Waals surface area contributed by atoms with Crippen LogP contribution in [0.25, 0.3) is 0 Å². The minimum absolute atomic E-state index is 0. The number of carbonyl (C=O) groups excluding carboxylic acids is 1. The molecule has 1 fully saturated rings. The molecule has 1 aliphatic heterocycles. The number of aromatic nitrogens is 1. The van der Waals surface area contributed by atoms with E-state index in [-0.39, 0.29) is 35.9 Å². The van der Waals surface area contributed by atoms with E-state index < -0.39 is 0 Å². The molecule has 9 heteroatoms. The standard InChI is InChI=1S/C15H26N6OS.HI/c1-5-13(22)21-7-6-11(9-21)18-14(16-2)17-8-12-10-23-15(19-12)20(3)4;/h10-11H,5-9H2,1-4H3,(H2,16,17,18);1H. The lowest BCUT2D eigenvalue weighted by Gasteiger charge is -2.18. The molecule has 2 N–H and O–H groups in total. The monoisotopic (exact) mass is 466 g/mol. The topological polar surface area (TPSA) is 72.9 Å². The molecule has 2 heterocycles. The molecule has 24 heavy (non-hydrogen) atoms. The summed E-state index contributed by atoms with van der Waals surface area (Å²) < 4.78 is 0.